The molecule has 0 aromatic heterocycles. The molecule has 1 N–H and O–H groups in total. The second-order valence-corrected chi connectivity index (χ2v) is 11.5. The summed E-state index contributed by atoms with van der Waals surface area (Å²) in [7, 11) is -3.71. The second kappa shape index (κ2) is 10.5. The summed E-state index contributed by atoms with van der Waals surface area (Å²) in [5, 5.41) is 2.90. The van der Waals surface area contributed by atoms with Gasteiger partial charge in [0, 0.05) is 18.7 Å². The van der Waals surface area contributed by atoms with Gasteiger partial charge in [-0.15, -0.1) is 0 Å². The summed E-state index contributed by atoms with van der Waals surface area (Å²) < 4.78 is 33.9. The largest absolute Gasteiger partial charge is 0.477 e. The number of hydrogen-bond donors (Lipinski definition) is 1. The average molecular weight is 554 g/mol. The van der Waals surface area contributed by atoms with E-state index in [0.717, 1.165) is 11.1 Å². The van der Waals surface area contributed by atoms with Gasteiger partial charge in [0.25, 0.3) is 21.8 Å². The Morgan fingerprint density at radius 1 is 0.850 bits per heavy atom. The van der Waals surface area contributed by atoms with Crippen LogP contribution in [0.15, 0.2) is 108 Å². The number of nitrogens with one attached hydrogen (secondary N) is 1. The van der Waals surface area contributed by atoms with Gasteiger partial charge < -0.3 is 15.0 Å². The van der Waals surface area contributed by atoms with Gasteiger partial charge in [-0.05, 0) is 60.0 Å². The molecule has 0 radical (unpaired) electrons. The van der Waals surface area contributed by atoms with E-state index < -0.39 is 16.1 Å². The molecule has 0 bridgehead atoms. The van der Waals surface area contributed by atoms with E-state index in [1.165, 1.54) is 4.31 Å². The van der Waals surface area contributed by atoms with Crippen molar-refractivity contribution in [3.05, 3.63) is 120 Å². The van der Waals surface area contributed by atoms with E-state index in [4.69, 9.17) is 4.74 Å². The molecule has 2 aliphatic rings. The maximum absolute atomic E-state index is 13.8. The molecule has 2 aliphatic heterocycles. The van der Waals surface area contributed by atoms with Crippen LogP contribution in [0, 0.1) is 0 Å². The molecule has 0 saturated carbocycles. The first-order valence-corrected chi connectivity index (χ1v) is 14.5. The Hall–Kier alpha value is -4.63. The molecule has 0 saturated heterocycles. The molecule has 2 heterocycles. The summed E-state index contributed by atoms with van der Waals surface area (Å²) in [5.74, 6) is -0.154. The zero-order chi connectivity index (χ0) is 27.7. The summed E-state index contributed by atoms with van der Waals surface area (Å²) in [4.78, 5) is 28.6. The maximum Gasteiger partial charge on any atom is 0.264 e. The van der Waals surface area contributed by atoms with Crippen LogP contribution in [0.5, 0.6) is 5.75 Å². The molecule has 0 aliphatic carbocycles. The predicted octanol–water partition coefficient (Wildman–Crippen LogP) is 4.16. The number of amides is 2. The van der Waals surface area contributed by atoms with Gasteiger partial charge in [0.15, 0.2) is 6.10 Å². The molecule has 8 nitrogen and oxygen atoms in total. The minimum Gasteiger partial charge on any atom is -0.477 e. The van der Waals surface area contributed by atoms with Crippen molar-refractivity contribution in [1.29, 1.82) is 0 Å². The highest BCUT2D eigenvalue weighted by atomic mass is 32.2. The Kier molecular flexibility index (Phi) is 6.73. The van der Waals surface area contributed by atoms with Gasteiger partial charge in [0.2, 0.25) is 0 Å². The molecule has 4 aromatic rings. The summed E-state index contributed by atoms with van der Waals surface area (Å²) in [6.45, 7) is 0.693. The molecule has 40 heavy (non-hydrogen) atoms. The molecule has 0 unspecified atom stereocenters. The SMILES string of the molecule is O=C(NCc1ccccc1)[C@H]1CN(C(=O)c2ccc3c(c2)CCN3S(=O)(=O)c2ccccc2)c2ccccc2O1. The number of rotatable bonds is 6. The van der Waals surface area contributed by atoms with Crippen LogP contribution in [0.25, 0.3) is 0 Å². The molecule has 0 spiro atoms. The minimum atomic E-state index is -3.71. The molecule has 6 rings (SSSR count). The number of carbonyl (C=O) groups is 2. The van der Waals surface area contributed by atoms with Crippen LogP contribution < -0.4 is 19.3 Å². The van der Waals surface area contributed by atoms with E-state index in [9.17, 15) is 18.0 Å². The summed E-state index contributed by atoms with van der Waals surface area (Å²) in [5.41, 5.74) is 3.30. The maximum atomic E-state index is 13.8. The zero-order valence-electron chi connectivity index (χ0n) is 21.6. The van der Waals surface area contributed by atoms with Crippen molar-refractivity contribution in [3.63, 3.8) is 0 Å². The quantitative estimate of drug-likeness (QED) is 0.387. The van der Waals surface area contributed by atoms with E-state index in [-0.39, 0.29) is 23.3 Å². The van der Waals surface area contributed by atoms with Gasteiger partial charge in [0.05, 0.1) is 22.8 Å². The molecule has 1 atom stereocenters. The number of anilines is 2. The van der Waals surface area contributed by atoms with Gasteiger partial charge >= 0.3 is 0 Å². The van der Waals surface area contributed by atoms with Gasteiger partial charge in [-0.1, -0.05) is 60.7 Å². The Morgan fingerprint density at radius 3 is 2.33 bits per heavy atom. The first kappa shape index (κ1) is 25.6. The van der Waals surface area contributed by atoms with Crippen LogP contribution in [-0.4, -0.2) is 39.4 Å². The third-order valence-electron chi connectivity index (χ3n) is 7.13. The van der Waals surface area contributed by atoms with Crippen LogP contribution >= 0.6 is 0 Å². The standard InChI is InChI=1S/C31H27N3O5S/c35-30(32-20-22-9-3-1-4-10-22)29-21-33(27-13-7-8-14-28(27)39-29)31(36)24-15-16-26-23(19-24)17-18-34(26)40(37,38)25-11-5-2-6-12-25/h1-16,19,29H,17-18,20-21H2,(H,32,35)/t29-/m1/s1. The van der Waals surface area contributed by atoms with Crippen molar-refractivity contribution in [1.82, 2.24) is 5.32 Å². The molecule has 9 heteroatoms. The topological polar surface area (TPSA) is 96.0 Å². The molecule has 0 fully saturated rings. The molecular weight excluding hydrogens is 526 g/mol. The second-order valence-electron chi connectivity index (χ2n) is 9.68. The van der Waals surface area contributed by atoms with Crippen LogP contribution in [-0.2, 0) is 27.8 Å². The van der Waals surface area contributed by atoms with Gasteiger partial charge in [-0.25, -0.2) is 8.42 Å². The number of nitrogens with zero attached hydrogens (tertiary/aromatic N) is 2. The third-order valence-corrected chi connectivity index (χ3v) is 8.96. The van der Waals surface area contributed by atoms with E-state index in [2.05, 4.69) is 5.32 Å². The Balaban J connectivity index is 1.24. The van der Waals surface area contributed by atoms with Gasteiger partial charge in [-0.2, -0.15) is 0 Å². The Bertz CT molecular complexity index is 1680. The molecule has 4 aromatic carbocycles. The highest BCUT2D eigenvalue weighted by Crippen LogP contribution is 2.37. The van der Waals surface area contributed by atoms with E-state index in [1.807, 2.05) is 36.4 Å². The lowest BCUT2D eigenvalue weighted by Gasteiger charge is -2.34. The van der Waals surface area contributed by atoms with E-state index in [1.54, 1.807) is 71.6 Å². The highest BCUT2D eigenvalue weighted by molar-refractivity contribution is 7.92. The number of benzene rings is 4. The van der Waals surface area contributed by atoms with E-state index >= 15 is 0 Å². The number of sulfonamides is 1. The molecule has 202 valence electrons. The van der Waals surface area contributed by atoms with Crippen molar-refractivity contribution in [2.75, 3.05) is 22.3 Å². The Labute approximate surface area is 232 Å². The van der Waals surface area contributed by atoms with Crippen molar-refractivity contribution in [2.45, 2.75) is 24.0 Å². The van der Waals surface area contributed by atoms with Crippen LogP contribution in [0.1, 0.15) is 21.5 Å². The fourth-order valence-electron chi connectivity index (χ4n) is 5.09. The number of hydrogen-bond acceptors (Lipinski definition) is 5. The lowest BCUT2D eigenvalue weighted by molar-refractivity contribution is -0.128. The smallest absolute Gasteiger partial charge is 0.264 e. The first-order chi connectivity index (χ1) is 19.4. The number of para-hydroxylation sites is 2. The lowest BCUT2D eigenvalue weighted by Crippen LogP contribution is -2.50. The summed E-state index contributed by atoms with van der Waals surface area (Å²) in [6, 6.07) is 30.1. The molecular formula is C31H27N3O5S. The average Bonchev–Trinajstić information content (AvgIpc) is 3.44. The summed E-state index contributed by atoms with van der Waals surface area (Å²) >= 11 is 0. The van der Waals surface area contributed by atoms with Crippen LogP contribution in [0.4, 0.5) is 11.4 Å². The number of ether oxygens (including phenoxy) is 1. The van der Waals surface area contributed by atoms with Crippen LogP contribution in [0.3, 0.4) is 0 Å². The van der Waals surface area contributed by atoms with Crippen molar-refractivity contribution in [3.8, 4) is 5.75 Å². The Morgan fingerprint density at radius 2 is 1.55 bits per heavy atom. The zero-order valence-corrected chi connectivity index (χ0v) is 22.4. The normalized spacial score (nSPS) is 16.1. The monoisotopic (exact) mass is 553 g/mol. The molecule has 2 amide bonds. The number of fused-ring (bicyclic) bond motifs is 2. The number of carbonyl (C=O) groups excluding carboxylic acids is 2. The fraction of sp³-hybridized carbons (Fsp3) is 0.161. The van der Waals surface area contributed by atoms with Crippen molar-refractivity contribution in [2.24, 2.45) is 0 Å². The minimum absolute atomic E-state index is 0.0437. The third kappa shape index (κ3) is 4.80. The van der Waals surface area contributed by atoms with Crippen molar-refractivity contribution < 1.29 is 22.7 Å². The predicted molar refractivity (Wildman–Crippen MR) is 152 cm³/mol. The van der Waals surface area contributed by atoms with Gasteiger partial charge in [0.1, 0.15) is 5.75 Å². The van der Waals surface area contributed by atoms with Crippen molar-refractivity contribution >= 4 is 33.2 Å². The lowest BCUT2D eigenvalue weighted by atomic mass is 10.1. The summed E-state index contributed by atoms with van der Waals surface area (Å²) in [6.07, 6.45) is -0.393. The first-order valence-electron chi connectivity index (χ1n) is 13.0. The van der Waals surface area contributed by atoms with E-state index in [0.29, 0.717) is 42.2 Å². The highest BCUT2D eigenvalue weighted by Gasteiger charge is 2.36. The van der Waals surface area contributed by atoms with Crippen LogP contribution in [0.2, 0.25) is 0 Å². The van der Waals surface area contributed by atoms with Gasteiger partial charge in [-0.3, -0.25) is 13.9 Å². The fourth-order valence-corrected chi connectivity index (χ4v) is 6.62.